The molecule has 0 heterocycles. The third kappa shape index (κ3) is 2.86. The van der Waals surface area contributed by atoms with E-state index in [1.807, 2.05) is 13.8 Å². The summed E-state index contributed by atoms with van der Waals surface area (Å²) in [6, 6.07) is 1.52. The minimum absolute atomic E-state index is 0.159. The largest absolute Gasteiger partial charge is 0.504 e. The SMILES string of the molecule is COc1c(O)c(CC(C)(C)N)cc(Br)c1F. The van der Waals surface area contributed by atoms with Gasteiger partial charge in [0.1, 0.15) is 0 Å². The van der Waals surface area contributed by atoms with E-state index < -0.39 is 11.4 Å². The Labute approximate surface area is 103 Å². The first-order valence-electron chi connectivity index (χ1n) is 4.79. The normalized spacial score (nSPS) is 11.6. The Bertz CT molecular complexity index is 402. The summed E-state index contributed by atoms with van der Waals surface area (Å²) in [6.45, 7) is 3.66. The Morgan fingerprint density at radius 1 is 1.56 bits per heavy atom. The Balaban J connectivity index is 3.26. The zero-order valence-corrected chi connectivity index (χ0v) is 11.1. The molecule has 3 nitrogen and oxygen atoms in total. The van der Waals surface area contributed by atoms with Crippen LogP contribution in [0.3, 0.4) is 0 Å². The second-order valence-corrected chi connectivity index (χ2v) is 5.23. The molecule has 0 aliphatic rings. The predicted molar refractivity (Wildman–Crippen MR) is 64.3 cm³/mol. The zero-order valence-electron chi connectivity index (χ0n) is 9.47. The van der Waals surface area contributed by atoms with Crippen molar-refractivity contribution in [1.82, 2.24) is 0 Å². The van der Waals surface area contributed by atoms with Crippen LogP contribution in [0.2, 0.25) is 0 Å². The maximum atomic E-state index is 13.5. The molecule has 1 aromatic rings. The van der Waals surface area contributed by atoms with Crippen molar-refractivity contribution in [3.05, 3.63) is 21.9 Å². The molecule has 5 heteroatoms. The van der Waals surface area contributed by atoms with Gasteiger partial charge in [-0.1, -0.05) is 0 Å². The van der Waals surface area contributed by atoms with E-state index in [4.69, 9.17) is 10.5 Å². The standard InChI is InChI=1S/C11H15BrFNO2/c1-11(2,14)5-6-4-7(12)8(13)10(16-3)9(6)15/h4,15H,5,14H2,1-3H3. The van der Waals surface area contributed by atoms with Gasteiger partial charge >= 0.3 is 0 Å². The van der Waals surface area contributed by atoms with Gasteiger partial charge in [0.05, 0.1) is 11.6 Å². The van der Waals surface area contributed by atoms with Crippen LogP contribution in [0.5, 0.6) is 11.5 Å². The highest BCUT2D eigenvalue weighted by Crippen LogP contribution is 2.38. The smallest absolute Gasteiger partial charge is 0.198 e. The van der Waals surface area contributed by atoms with Crippen molar-refractivity contribution in [3.8, 4) is 11.5 Å². The molecule has 90 valence electrons. The van der Waals surface area contributed by atoms with Crippen molar-refractivity contribution in [3.63, 3.8) is 0 Å². The summed E-state index contributed by atoms with van der Waals surface area (Å²) in [5.74, 6) is -0.964. The molecule has 0 aliphatic carbocycles. The summed E-state index contributed by atoms with van der Waals surface area (Å²) < 4.78 is 18.6. The Kier molecular flexibility index (Phi) is 3.80. The average Bonchev–Trinajstić information content (AvgIpc) is 2.13. The minimum Gasteiger partial charge on any atom is -0.504 e. The van der Waals surface area contributed by atoms with Crippen LogP contribution in [-0.2, 0) is 6.42 Å². The summed E-state index contributed by atoms with van der Waals surface area (Å²) in [7, 11) is 1.31. The maximum absolute atomic E-state index is 13.5. The van der Waals surface area contributed by atoms with Gasteiger partial charge in [-0.05, 0) is 42.3 Å². The van der Waals surface area contributed by atoms with Crippen LogP contribution >= 0.6 is 15.9 Å². The van der Waals surface area contributed by atoms with Crippen LogP contribution in [0.4, 0.5) is 4.39 Å². The predicted octanol–water partition coefficient (Wildman–Crippen LogP) is 2.58. The van der Waals surface area contributed by atoms with E-state index >= 15 is 0 Å². The van der Waals surface area contributed by atoms with Crippen LogP contribution in [-0.4, -0.2) is 17.8 Å². The molecule has 0 atom stereocenters. The number of aromatic hydroxyl groups is 1. The molecular formula is C11H15BrFNO2. The highest BCUT2D eigenvalue weighted by atomic mass is 79.9. The number of phenols is 1. The summed E-state index contributed by atoms with van der Waals surface area (Å²) in [5.41, 5.74) is 5.92. The first-order valence-corrected chi connectivity index (χ1v) is 5.58. The Hall–Kier alpha value is -0.810. The molecule has 0 saturated carbocycles. The van der Waals surface area contributed by atoms with Gasteiger partial charge in [-0.2, -0.15) is 0 Å². The fraction of sp³-hybridized carbons (Fsp3) is 0.455. The third-order valence-electron chi connectivity index (χ3n) is 2.08. The van der Waals surface area contributed by atoms with Crippen LogP contribution in [0.1, 0.15) is 19.4 Å². The Morgan fingerprint density at radius 2 is 2.12 bits per heavy atom. The first-order chi connectivity index (χ1) is 7.26. The number of phenolic OH excluding ortho intramolecular Hbond substituents is 1. The topological polar surface area (TPSA) is 55.5 Å². The maximum Gasteiger partial charge on any atom is 0.198 e. The summed E-state index contributed by atoms with van der Waals surface area (Å²) in [6.07, 6.45) is 0.425. The van der Waals surface area contributed by atoms with E-state index in [0.29, 0.717) is 12.0 Å². The number of hydrogen-bond donors (Lipinski definition) is 2. The van der Waals surface area contributed by atoms with Gasteiger partial charge in [-0.3, -0.25) is 0 Å². The highest BCUT2D eigenvalue weighted by molar-refractivity contribution is 9.10. The van der Waals surface area contributed by atoms with Crippen molar-refractivity contribution in [2.45, 2.75) is 25.8 Å². The lowest BCUT2D eigenvalue weighted by Gasteiger charge is -2.20. The van der Waals surface area contributed by atoms with Crippen LogP contribution in [0.15, 0.2) is 10.5 Å². The van der Waals surface area contributed by atoms with Gasteiger partial charge in [-0.15, -0.1) is 0 Å². The summed E-state index contributed by atoms with van der Waals surface area (Å²) in [4.78, 5) is 0. The third-order valence-corrected chi connectivity index (χ3v) is 2.66. The van der Waals surface area contributed by atoms with Crippen molar-refractivity contribution >= 4 is 15.9 Å². The van der Waals surface area contributed by atoms with E-state index in [1.54, 1.807) is 0 Å². The molecule has 16 heavy (non-hydrogen) atoms. The molecule has 0 radical (unpaired) electrons. The molecule has 1 rings (SSSR count). The molecule has 0 fully saturated rings. The number of halogens is 2. The van der Waals surface area contributed by atoms with E-state index in [9.17, 15) is 9.50 Å². The fourth-order valence-electron chi connectivity index (χ4n) is 1.45. The summed E-state index contributed by atoms with van der Waals surface area (Å²) in [5, 5.41) is 9.82. The van der Waals surface area contributed by atoms with Crippen molar-refractivity contribution in [2.24, 2.45) is 5.73 Å². The molecule has 1 aromatic carbocycles. The van der Waals surface area contributed by atoms with Gasteiger partial charge in [0.25, 0.3) is 0 Å². The molecular weight excluding hydrogens is 277 g/mol. The second-order valence-electron chi connectivity index (χ2n) is 4.38. The lowest BCUT2D eigenvalue weighted by Crippen LogP contribution is -2.34. The van der Waals surface area contributed by atoms with E-state index in [-0.39, 0.29) is 16.0 Å². The van der Waals surface area contributed by atoms with Gasteiger partial charge in [0, 0.05) is 11.1 Å². The fourth-order valence-corrected chi connectivity index (χ4v) is 1.91. The van der Waals surface area contributed by atoms with Crippen LogP contribution < -0.4 is 10.5 Å². The van der Waals surface area contributed by atoms with Gasteiger partial charge in [0.2, 0.25) is 0 Å². The molecule has 0 spiro atoms. The average molecular weight is 292 g/mol. The molecule has 0 unspecified atom stereocenters. The molecule has 0 bridgehead atoms. The minimum atomic E-state index is -0.612. The monoisotopic (exact) mass is 291 g/mol. The van der Waals surface area contributed by atoms with Crippen LogP contribution in [0, 0.1) is 5.82 Å². The van der Waals surface area contributed by atoms with Crippen molar-refractivity contribution in [1.29, 1.82) is 0 Å². The van der Waals surface area contributed by atoms with Crippen molar-refractivity contribution < 1.29 is 14.2 Å². The number of hydrogen-bond acceptors (Lipinski definition) is 3. The van der Waals surface area contributed by atoms with E-state index in [0.717, 1.165) is 0 Å². The molecule has 0 amide bonds. The van der Waals surface area contributed by atoms with Gasteiger partial charge in [-0.25, -0.2) is 4.39 Å². The molecule has 0 aromatic heterocycles. The highest BCUT2D eigenvalue weighted by Gasteiger charge is 2.21. The van der Waals surface area contributed by atoms with Gasteiger partial charge in [0.15, 0.2) is 17.3 Å². The van der Waals surface area contributed by atoms with Gasteiger partial charge < -0.3 is 15.6 Å². The summed E-state index contributed by atoms with van der Waals surface area (Å²) >= 11 is 3.07. The molecule has 3 N–H and O–H groups in total. The number of methoxy groups -OCH3 is 1. The quantitative estimate of drug-likeness (QED) is 0.900. The number of nitrogens with two attached hydrogens (primary N) is 1. The lowest BCUT2D eigenvalue weighted by atomic mass is 9.95. The number of ether oxygens (including phenoxy) is 1. The second kappa shape index (κ2) is 4.59. The van der Waals surface area contributed by atoms with E-state index in [1.165, 1.54) is 13.2 Å². The van der Waals surface area contributed by atoms with E-state index in [2.05, 4.69) is 15.9 Å². The Morgan fingerprint density at radius 3 is 2.56 bits per heavy atom. The zero-order chi connectivity index (χ0) is 12.5. The lowest BCUT2D eigenvalue weighted by molar-refractivity contribution is 0.345. The number of benzene rings is 1. The van der Waals surface area contributed by atoms with Crippen molar-refractivity contribution in [2.75, 3.05) is 7.11 Å². The first kappa shape index (κ1) is 13.3. The van der Waals surface area contributed by atoms with Crippen LogP contribution in [0.25, 0.3) is 0 Å². The number of rotatable bonds is 3. The molecule has 0 aliphatic heterocycles. The molecule has 0 saturated heterocycles.